The SMILES string of the molecule is CC1(C)C2CC1[C@](C)(O)[C@H](OS(=O)(=O)c1ccc(C(F)(F)F)cc1)C2. The van der Waals surface area contributed by atoms with Crippen LogP contribution in [0, 0.1) is 17.3 Å². The van der Waals surface area contributed by atoms with Gasteiger partial charge in [0.25, 0.3) is 10.1 Å². The van der Waals surface area contributed by atoms with E-state index in [2.05, 4.69) is 0 Å². The Morgan fingerprint density at radius 2 is 1.68 bits per heavy atom. The molecular formula is C17H21F3O4S. The molecule has 0 aromatic heterocycles. The van der Waals surface area contributed by atoms with E-state index in [1.165, 1.54) is 0 Å². The van der Waals surface area contributed by atoms with Gasteiger partial charge in [-0.2, -0.15) is 21.6 Å². The second-order valence-corrected chi connectivity index (χ2v) is 9.40. The Labute approximate surface area is 145 Å². The van der Waals surface area contributed by atoms with Crippen molar-refractivity contribution in [3.63, 3.8) is 0 Å². The summed E-state index contributed by atoms with van der Waals surface area (Å²) in [4.78, 5) is -0.352. The van der Waals surface area contributed by atoms with Crippen LogP contribution < -0.4 is 0 Å². The highest BCUT2D eigenvalue weighted by molar-refractivity contribution is 7.86. The lowest BCUT2D eigenvalue weighted by Gasteiger charge is -2.64. The quantitative estimate of drug-likeness (QED) is 0.817. The van der Waals surface area contributed by atoms with Crippen molar-refractivity contribution in [3.8, 4) is 0 Å². The molecule has 4 atom stereocenters. The Hall–Kier alpha value is -1.12. The lowest BCUT2D eigenvalue weighted by Crippen LogP contribution is -2.67. The van der Waals surface area contributed by atoms with Crippen LogP contribution in [0.15, 0.2) is 29.2 Å². The van der Waals surface area contributed by atoms with Gasteiger partial charge in [-0.25, -0.2) is 0 Å². The Morgan fingerprint density at radius 3 is 2.12 bits per heavy atom. The van der Waals surface area contributed by atoms with E-state index in [1.54, 1.807) is 6.92 Å². The van der Waals surface area contributed by atoms with Crippen LogP contribution in [0.3, 0.4) is 0 Å². The molecule has 4 nitrogen and oxygen atoms in total. The van der Waals surface area contributed by atoms with Crippen LogP contribution in [-0.4, -0.2) is 25.2 Å². The third-order valence-corrected chi connectivity index (χ3v) is 7.37. The molecular weight excluding hydrogens is 357 g/mol. The standard InChI is InChI=1S/C17H21F3O4S/c1-15(2)11-8-13(15)16(3,21)14(9-11)24-25(22,23)12-6-4-10(5-7-12)17(18,19)20/h4-7,11,13-14,21H,8-9H2,1-3H3/t11?,13?,14-,16+/m1/s1. The first-order chi connectivity index (χ1) is 11.3. The van der Waals surface area contributed by atoms with Gasteiger partial charge in [0.2, 0.25) is 0 Å². The molecule has 1 aromatic rings. The highest BCUT2D eigenvalue weighted by Gasteiger charge is 2.64. The lowest BCUT2D eigenvalue weighted by atomic mass is 9.43. The first-order valence-electron chi connectivity index (χ1n) is 8.09. The van der Waals surface area contributed by atoms with Crippen molar-refractivity contribution in [2.45, 2.75) is 56.4 Å². The van der Waals surface area contributed by atoms with Crippen molar-refractivity contribution < 1.29 is 30.9 Å². The van der Waals surface area contributed by atoms with Crippen molar-refractivity contribution in [2.75, 3.05) is 0 Å². The number of aliphatic hydroxyl groups is 1. The number of fused-ring (bicyclic) bond motifs is 2. The maximum Gasteiger partial charge on any atom is 0.416 e. The number of benzene rings is 1. The van der Waals surface area contributed by atoms with Gasteiger partial charge < -0.3 is 5.11 Å². The summed E-state index contributed by atoms with van der Waals surface area (Å²) in [5.41, 5.74) is -2.32. The van der Waals surface area contributed by atoms with E-state index in [9.17, 15) is 26.7 Å². The highest BCUT2D eigenvalue weighted by Crippen LogP contribution is 2.63. The van der Waals surface area contributed by atoms with E-state index < -0.39 is 33.6 Å². The summed E-state index contributed by atoms with van der Waals surface area (Å²) in [6.07, 6.45) is -4.23. The number of rotatable bonds is 3. The Kier molecular flexibility index (Phi) is 4.06. The molecule has 140 valence electrons. The molecule has 0 heterocycles. The summed E-state index contributed by atoms with van der Waals surface area (Å²) in [6, 6.07) is 3.16. The molecule has 2 unspecified atom stereocenters. The summed E-state index contributed by atoms with van der Waals surface area (Å²) >= 11 is 0. The summed E-state index contributed by atoms with van der Waals surface area (Å²) in [7, 11) is -4.26. The molecule has 0 radical (unpaired) electrons. The van der Waals surface area contributed by atoms with Crippen molar-refractivity contribution in [3.05, 3.63) is 29.8 Å². The van der Waals surface area contributed by atoms with Crippen LogP contribution in [0.1, 0.15) is 39.2 Å². The van der Waals surface area contributed by atoms with Crippen molar-refractivity contribution in [1.29, 1.82) is 0 Å². The van der Waals surface area contributed by atoms with Gasteiger partial charge in [0.1, 0.15) is 6.10 Å². The van der Waals surface area contributed by atoms with Gasteiger partial charge in [-0.3, -0.25) is 4.18 Å². The van der Waals surface area contributed by atoms with Gasteiger partial charge in [0.05, 0.1) is 16.1 Å². The molecule has 4 rings (SSSR count). The minimum Gasteiger partial charge on any atom is -0.387 e. The predicted molar refractivity (Wildman–Crippen MR) is 84.1 cm³/mol. The van der Waals surface area contributed by atoms with Crippen LogP contribution >= 0.6 is 0 Å². The second kappa shape index (κ2) is 5.44. The molecule has 1 aromatic carbocycles. The normalized spacial score (nSPS) is 34.4. The molecule has 0 saturated heterocycles. The largest absolute Gasteiger partial charge is 0.416 e. The molecule has 3 saturated carbocycles. The Bertz CT molecular complexity index is 766. The third-order valence-electron chi connectivity index (χ3n) is 6.04. The van der Waals surface area contributed by atoms with E-state index >= 15 is 0 Å². The molecule has 3 aliphatic carbocycles. The maximum absolute atomic E-state index is 12.6. The Morgan fingerprint density at radius 1 is 1.12 bits per heavy atom. The van der Waals surface area contributed by atoms with E-state index in [1.807, 2.05) is 13.8 Å². The zero-order chi connectivity index (χ0) is 18.8. The Balaban J connectivity index is 1.81. The number of halogens is 3. The predicted octanol–water partition coefficient (Wildman–Crippen LogP) is 3.60. The van der Waals surface area contributed by atoms with Crippen LogP contribution in [0.4, 0.5) is 13.2 Å². The van der Waals surface area contributed by atoms with Crippen LogP contribution in [0.5, 0.6) is 0 Å². The van der Waals surface area contributed by atoms with Gasteiger partial charge in [0.15, 0.2) is 0 Å². The van der Waals surface area contributed by atoms with E-state index in [4.69, 9.17) is 4.18 Å². The van der Waals surface area contributed by atoms with Gasteiger partial charge in [-0.15, -0.1) is 0 Å². The number of hydrogen-bond acceptors (Lipinski definition) is 4. The van der Waals surface area contributed by atoms with Crippen LogP contribution in [-0.2, 0) is 20.5 Å². The molecule has 0 amide bonds. The summed E-state index contributed by atoms with van der Waals surface area (Å²) < 4.78 is 67.9. The summed E-state index contributed by atoms with van der Waals surface area (Å²) in [5, 5.41) is 10.8. The second-order valence-electron chi connectivity index (χ2n) is 7.83. The lowest BCUT2D eigenvalue weighted by molar-refractivity contribution is -0.237. The molecule has 3 aliphatic rings. The fraction of sp³-hybridized carbons (Fsp3) is 0.647. The fourth-order valence-electron chi connectivity index (χ4n) is 4.28. The van der Waals surface area contributed by atoms with Crippen molar-refractivity contribution in [2.24, 2.45) is 17.3 Å². The molecule has 2 bridgehead atoms. The van der Waals surface area contributed by atoms with E-state index in [0.29, 0.717) is 18.6 Å². The van der Waals surface area contributed by atoms with Gasteiger partial charge >= 0.3 is 6.18 Å². The average molecular weight is 378 g/mol. The molecule has 1 N–H and O–H groups in total. The maximum atomic E-state index is 12.6. The molecule has 8 heteroatoms. The van der Waals surface area contributed by atoms with E-state index in [-0.39, 0.29) is 22.1 Å². The van der Waals surface area contributed by atoms with Crippen LogP contribution in [0.25, 0.3) is 0 Å². The van der Waals surface area contributed by atoms with Gasteiger partial charge in [-0.1, -0.05) is 13.8 Å². The van der Waals surface area contributed by atoms with Crippen molar-refractivity contribution >= 4 is 10.1 Å². The molecule has 25 heavy (non-hydrogen) atoms. The fourth-order valence-corrected chi connectivity index (χ4v) is 5.44. The minimum atomic E-state index is -4.54. The zero-order valence-corrected chi connectivity index (χ0v) is 15.0. The van der Waals surface area contributed by atoms with Gasteiger partial charge in [0, 0.05) is 0 Å². The molecule has 3 fully saturated rings. The number of hydrogen-bond donors (Lipinski definition) is 1. The smallest absolute Gasteiger partial charge is 0.387 e. The zero-order valence-electron chi connectivity index (χ0n) is 14.2. The monoisotopic (exact) mass is 378 g/mol. The van der Waals surface area contributed by atoms with Crippen LogP contribution in [0.2, 0.25) is 0 Å². The molecule has 0 spiro atoms. The average Bonchev–Trinajstić information content (AvgIpc) is 2.47. The summed E-state index contributed by atoms with van der Waals surface area (Å²) in [6.45, 7) is 5.66. The number of alkyl halides is 3. The third kappa shape index (κ3) is 2.98. The first-order valence-corrected chi connectivity index (χ1v) is 9.50. The topological polar surface area (TPSA) is 63.6 Å². The van der Waals surface area contributed by atoms with Crippen molar-refractivity contribution in [1.82, 2.24) is 0 Å². The summed E-state index contributed by atoms with van der Waals surface area (Å²) in [5.74, 6) is 0.178. The van der Waals surface area contributed by atoms with Gasteiger partial charge in [-0.05, 0) is 61.3 Å². The van der Waals surface area contributed by atoms with E-state index in [0.717, 1.165) is 18.6 Å². The highest BCUT2D eigenvalue weighted by atomic mass is 32.2. The minimum absolute atomic E-state index is 0.0773. The first kappa shape index (κ1) is 18.7. The molecule has 0 aliphatic heterocycles.